The predicted octanol–water partition coefficient (Wildman–Crippen LogP) is 3.23. The van der Waals surface area contributed by atoms with E-state index in [0.29, 0.717) is 11.1 Å². The number of likely N-dealkylation sites (N-methyl/N-ethyl adjacent to an activating group) is 1. The van der Waals surface area contributed by atoms with Crippen LogP contribution in [0.1, 0.15) is 19.4 Å². The summed E-state index contributed by atoms with van der Waals surface area (Å²) in [6.07, 6.45) is 0.872. The topological polar surface area (TPSA) is 24.5 Å². The summed E-state index contributed by atoms with van der Waals surface area (Å²) in [5.74, 6) is 0. The highest BCUT2D eigenvalue weighted by Crippen LogP contribution is 2.27. The first-order valence-electron chi connectivity index (χ1n) is 7.39. The molecule has 21 heavy (non-hydrogen) atoms. The summed E-state index contributed by atoms with van der Waals surface area (Å²) in [4.78, 5) is 2.49. The summed E-state index contributed by atoms with van der Waals surface area (Å²) in [7, 11) is 2.01. The molecule has 1 saturated heterocycles. The Balaban J connectivity index is 2.14. The van der Waals surface area contributed by atoms with Crippen LogP contribution in [0, 0.1) is 0 Å². The molecule has 0 spiro atoms. The van der Waals surface area contributed by atoms with E-state index in [-0.39, 0.29) is 5.54 Å². The largest absolute Gasteiger partial charge is 0.379 e. The van der Waals surface area contributed by atoms with Crippen molar-refractivity contribution in [1.29, 1.82) is 0 Å². The van der Waals surface area contributed by atoms with Crippen LogP contribution in [0.3, 0.4) is 0 Å². The van der Waals surface area contributed by atoms with Gasteiger partial charge in [-0.05, 0) is 45.0 Å². The van der Waals surface area contributed by atoms with Crippen LogP contribution in [0.5, 0.6) is 0 Å². The molecule has 118 valence electrons. The molecular formula is C16H24Cl2N2O. The summed E-state index contributed by atoms with van der Waals surface area (Å²) in [6.45, 7) is 8.12. The van der Waals surface area contributed by atoms with E-state index in [4.69, 9.17) is 27.9 Å². The van der Waals surface area contributed by atoms with Crippen LogP contribution in [0.25, 0.3) is 0 Å². The number of hydrogen-bond acceptors (Lipinski definition) is 3. The molecule has 5 heteroatoms. The minimum Gasteiger partial charge on any atom is -0.379 e. The van der Waals surface area contributed by atoms with Gasteiger partial charge < -0.3 is 10.1 Å². The molecule has 2 rings (SSSR count). The van der Waals surface area contributed by atoms with Crippen molar-refractivity contribution in [3.63, 3.8) is 0 Å². The Labute approximate surface area is 137 Å². The van der Waals surface area contributed by atoms with Gasteiger partial charge in [-0.25, -0.2) is 0 Å². The van der Waals surface area contributed by atoms with Gasteiger partial charge in [-0.15, -0.1) is 0 Å². The number of ether oxygens (including phenoxy) is 1. The van der Waals surface area contributed by atoms with Gasteiger partial charge in [0.05, 0.1) is 13.2 Å². The van der Waals surface area contributed by atoms with Gasteiger partial charge in [0.1, 0.15) is 0 Å². The molecule has 0 aliphatic carbocycles. The van der Waals surface area contributed by atoms with E-state index in [1.807, 2.05) is 25.2 Å². The Kier molecular flexibility index (Phi) is 5.92. The Morgan fingerprint density at radius 1 is 1.29 bits per heavy atom. The van der Waals surface area contributed by atoms with Crippen molar-refractivity contribution in [2.24, 2.45) is 0 Å². The maximum Gasteiger partial charge on any atom is 0.0594 e. The minimum atomic E-state index is 0.0293. The molecule has 1 aromatic rings. The van der Waals surface area contributed by atoms with Gasteiger partial charge in [-0.2, -0.15) is 0 Å². The molecule has 0 aromatic heterocycles. The second-order valence-electron chi connectivity index (χ2n) is 6.03. The molecule has 1 aliphatic rings. The molecule has 0 radical (unpaired) electrons. The van der Waals surface area contributed by atoms with Gasteiger partial charge >= 0.3 is 0 Å². The summed E-state index contributed by atoms with van der Waals surface area (Å²) < 4.78 is 5.46. The number of hydrogen-bond donors (Lipinski definition) is 1. The van der Waals surface area contributed by atoms with Crippen molar-refractivity contribution in [1.82, 2.24) is 10.2 Å². The average Bonchev–Trinajstić information content (AvgIpc) is 2.47. The fraction of sp³-hybridized carbons (Fsp3) is 0.625. The van der Waals surface area contributed by atoms with Gasteiger partial charge in [-0.1, -0.05) is 29.3 Å². The van der Waals surface area contributed by atoms with Crippen LogP contribution in [-0.2, 0) is 11.2 Å². The zero-order chi connectivity index (χ0) is 15.5. The van der Waals surface area contributed by atoms with Crippen molar-refractivity contribution < 1.29 is 4.74 Å². The lowest BCUT2D eigenvalue weighted by Crippen LogP contribution is -2.60. The highest BCUT2D eigenvalue weighted by molar-refractivity contribution is 6.35. The Hall–Kier alpha value is -0.320. The Morgan fingerprint density at radius 2 is 1.95 bits per heavy atom. The van der Waals surface area contributed by atoms with Crippen molar-refractivity contribution in [3.8, 4) is 0 Å². The second-order valence-corrected chi connectivity index (χ2v) is 6.88. The molecular weight excluding hydrogens is 307 g/mol. The lowest BCUT2D eigenvalue weighted by Gasteiger charge is -2.46. The molecule has 1 aromatic carbocycles. The Bertz CT molecular complexity index is 473. The quantitative estimate of drug-likeness (QED) is 0.896. The van der Waals surface area contributed by atoms with E-state index in [1.165, 1.54) is 0 Å². The van der Waals surface area contributed by atoms with E-state index in [9.17, 15) is 0 Å². The first kappa shape index (κ1) is 17.0. The van der Waals surface area contributed by atoms with E-state index in [2.05, 4.69) is 24.1 Å². The van der Waals surface area contributed by atoms with E-state index in [0.717, 1.165) is 43.3 Å². The number of rotatable bonds is 5. The molecule has 1 unspecified atom stereocenters. The number of morpholine rings is 1. The molecule has 0 saturated carbocycles. The maximum atomic E-state index is 6.32. The van der Waals surface area contributed by atoms with Gasteiger partial charge in [0.15, 0.2) is 0 Å². The van der Waals surface area contributed by atoms with Gasteiger partial charge in [-0.3, -0.25) is 4.90 Å². The molecule has 1 atom stereocenters. The predicted molar refractivity (Wildman–Crippen MR) is 89.5 cm³/mol. The molecule has 1 aliphatic heterocycles. The monoisotopic (exact) mass is 330 g/mol. The molecule has 1 N–H and O–H groups in total. The summed E-state index contributed by atoms with van der Waals surface area (Å²) in [5.41, 5.74) is 1.16. The first-order chi connectivity index (χ1) is 9.95. The van der Waals surface area contributed by atoms with Crippen LogP contribution in [0.4, 0.5) is 0 Å². The highest BCUT2D eigenvalue weighted by atomic mass is 35.5. The normalized spacial score (nSPS) is 18.7. The minimum absolute atomic E-state index is 0.0293. The van der Waals surface area contributed by atoms with Crippen molar-refractivity contribution >= 4 is 23.2 Å². The van der Waals surface area contributed by atoms with E-state index in [1.54, 1.807) is 0 Å². The highest BCUT2D eigenvalue weighted by Gasteiger charge is 2.35. The van der Waals surface area contributed by atoms with Crippen LogP contribution in [-0.4, -0.2) is 49.8 Å². The second kappa shape index (κ2) is 7.30. The standard InChI is InChI=1S/C16H24Cl2N2O/c1-16(2,20-6-8-21-9-7-20)15(19-3)10-12-4-5-13(17)11-14(12)18/h4-5,11,15,19H,6-10H2,1-3H3. The zero-order valence-electron chi connectivity index (χ0n) is 13.0. The van der Waals surface area contributed by atoms with Crippen molar-refractivity contribution in [2.75, 3.05) is 33.4 Å². The fourth-order valence-corrected chi connectivity index (χ4v) is 3.46. The third-order valence-corrected chi connectivity index (χ3v) is 5.05. The molecule has 0 amide bonds. The lowest BCUT2D eigenvalue weighted by molar-refractivity contribution is -0.0223. The third-order valence-electron chi connectivity index (χ3n) is 4.47. The number of benzene rings is 1. The lowest BCUT2D eigenvalue weighted by atomic mass is 9.87. The molecule has 1 fully saturated rings. The third kappa shape index (κ3) is 4.11. The van der Waals surface area contributed by atoms with E-state index < -0.39 is 0 Å². The fourth-order valence-electron chi connectivity index (χ4n) is 2.97. The number of nitrogens with one attached hydrogen (secondary N) is 1. The summed E-state index contributed by atoms with van der Waals surface area (Å²) in [6, 6.07) is 6.03. The molecule has 3 nitrogen and oxygen atoms in total. The SMILES string of the molecule is CNC(Cc1ccc(Cl)cc1Cl)C(C)(C)N1CCOCC1. The van der Waals surface area contributed by atoms with Gasteiger partial charge in [0.25, 0.3) is 0 Å². The first-order valence-corrected chi connectivity index (χ1v) is 8.14. The zero-order valence-corrected chi connectivity index (χ0v) is 14.5. The maximum absolute atomic E-state index is 6.32. The van der Waals surface area contributed by atoms with Crippen LogP contribution in [0.2, 0.25) is 10.0 Å². The van der Waals surface area contributed by atoms with Gasteiger partial charge in [0, 0.05) is 34.7 Å². The average molecular weight is 331 g/mol. The smallest absolute Gasteiger partial charge is 0.0594 e. The van der Waals surface area contributed by atoms with Crippen LogP contribution in [0.15, 0.2) is 18.2 Å². The summed E-state index contributed by atoms with van der Waals surface area (Å²) in [5, 5.41) is 4.87. The molecule has 1 heterocycles. The van der Waals surface area contributed by atoms with Crippen molar-refractivity contribution in [2.45, 2.75) is 31.8 Å². The summed E-state index contributed by atoms with van der Waals surface area (Å²) >= 11 is 12.3. The van der Waals surface area contributed by atoms with Crippen molar-refractivity contribution in [3.05, 3.63) is 33.8 Å². The molecule has 0 bridgehead atoms. The number of nitrogens with zero attached hydrogens (tertiary/aromatic N) is 1. The van der Waals surface area contributed by atoms with Crippen LogP contribution >= 0.6 is 23.2 Å². The van der Waals surface area contributed by atoms with E-state index >= 15 is 0 Å². The van der Waals surface area contributed by atoms with Gasteiger partial charge in [0.2, 0.25) is 0 Å². The number of halogens is 2. The van der Waals surface area contributed by atoms with Crippen LogP contribution < -0.4 is 5.32 Å². The Morgan fingerprint density at radius 3 is 2.52 bits per heavy atom.